The molecular formula is C14H27F3N2. The first-order valence-electron chi connectivity index (χ1n) is 7.27. The zero-order chi connectivity index (χ0) is 14.7. The van der Waals surface area contributed by atoms with Crippen molar-refractivity contribution in [1.29, 1.82) is 0 Å². The Bertz CT molecular complexity index is 268. The van der Waals surface area contributed by atoms with Crippen molar-refractivity contribution in [2.45, 2.75) is 58.2 Å². The second-order valence-electron chi connectivity index (χ2n) is 6.18. The average Bonchev–Trinajstić information content (AvgIpc) is 2.34. The molecule has 0 radical (unpaired) electrons. The molecule has 5 heteroatoms. The SMILES string of the molecule is CCN(CC(C)C)C1(CN)CCC(C(F)(F)F)CC1. The summed E-state index contributed by atoms with van der Waals surface area (Å²) in [5, 5.41) is 0. The molecule has 114 valence electrons. The molecule has 2 nitrogen and oxygen atoms in total. The molecule has 1 aliphatic carbocycles. The maximum absolute atomic E-state index is 12.7. The minimum atomic E-state index is -4.05. The third-order valence-corrected chi connectivity index (χ3v) is 4.40. The van der Waals surface area contributed by atoms with Crippen LogP contribution in [0.1, 0.15) is 46.5 Å². The van der Waals surface area contributed by atoms with Crippen molar-refractivity contribution in [1.82, 2.24) is 4.90 Å². The Morgan fingerprint density at radius 2 is 1.79 bits per heavy atom. The summed E-state index contributed by atoms with van der Waals surface area (Å²) in [7, 11) is 0. The van der Waals surface area contributed by atoms with E-state index in [9.17, 15) is 13.2 Å². The second-order valence-corrected chi connectivity index (χ2v) is 6.18. The zero-order valence-electron chi connectivity index (χ0n) is 12.3. The molecule has 0 amide bonds. The van der Waals surface area contributed by atoms with E-state index in [4.69, 9.17) is 5.73 Å². The highest BCUT2D eigenvalue weighted by atomic mass is 19.4. The van der Waals surface area contributed by atoms with Gasteiger partial charge in [0.05, 0.1) is 5.92 Å². The standard InChI is InChI=1S/C14H27F3N2/c1-4-19(9-11(2)3)13(10-18)7-5-12(6-8-13)14(15,16)17/h11-12H,4-10,18H2,1-3H3. The lowest BCUT2D eigenvalue weighted by molar-refractivity contribution is -0.188. The highest BCUT2D eigenvalue weighted by molar-refractivity contribution is 4.97. The van der Waals surface area contributed by atoms with Gasteiger partial charge in [0.25, 0.3) is 0 Å². The maximum atomic E-state index is 12.7. The molecule has 1 aliphatic rings. The maximum Gasteiger partial charge on any atom is 0.391 e. The summed E-state index contributed by atoms with van der Waals surface area (Å²) >= 11 is 0. The van der Waals surface area contributed by atoms with Gasteiger partial charge in [0.1, 0.15) is 0 Å². The lowest BCUT2D eigenvalue weighted by atomic mass is 9.74. The van der Waals surface area contributed by atoms with Crippen LogP contribution in [0.5, 0.6) is 0 Å². The largest absolute Gasteiger partial charge is 0.391 e. The third-order valence-electron chi connectivity index (χ3n) is 4.40. The Balaban J connectivity index is 2.73. The van der Waals surface area contributed by atoms with Crippen LogP contribution in [0.3, 0.4) is 0 Å². The number of alkyl halides is 3. The lowest BCUT2D eigenvalue weighted by Crippen LogP contribution is -2.57. The molecule has 0 bridgehead atoms. The number of likely N-dealkylation sites (N-methyl/N-ethyl adjacent to an activating group) is 1. The van der Waals surface area contributed by atoms with Crippen molar-refractivity contribution >= 4 is 0 Å². The molecule has 0 unspecified atom stereocenters. The predicted molar refractivity (Wildman–Crippen MR) is 71.9 cm³/mol. The number of nitrogens with zero attached hydrogens (tertiary/aromatic N) is 1. The molecule has 1 saturated carbocycles. The number of nitrogens with two attached hydrogens (primary N) is 1. The van der Waals surface area contributed by atoms with E-state index in [2.05, 4.69) is 25.7 Å². The summed E-state index contributed by atoms with van der Waals surface area (Å²) in [6.45, 7) is 8.55. The molecule has 0 atom stereocenters. The van der Waals surface area contributed by atoms with Crippen molar-refractivity contribution in [3.63, 3.8) is 0 Å². The van der Waals surface area contributed by atoms with Gasteiger partial charge in [0, 0.05) is 18.6 Å². The van der Waals surface area contributed by atoms with E-state index in [1.807, 2.05) is 0 Å². The highest BCUT2D eigenvalue weighted by Gasteiger charge is 2.47. The van der Waals surface area contributed by atoms with Crippen molar-refractivity contribution < 1.29 is 13.2 Å². The summed E-state index contributed by atoms with van der Waals surface area (Å²) in [6, 6.07) is 0. The number of halogens is 3. The molecule has 19 heavy (non-hydrogen) atoms. The van der Waals surface area contributed by atoms with Gasteiger partial charge in [-0.05, 0) is 38.1 Å². The normalized spacial score (nSPS) is 29.2. The van der Waals surface area contributed by atoms with Crippen molar-refractivity contribution in [3.8, 4) is 0 Å². The van der Waals surface area contributed by atoms with Gasteiger partial charge in [0.15, 0.2) is 0 Å². The summed E-state index contributed by atoms with van der Waals surface area (Å²) in [6.07, 6.45) is -2.48. The fourth-order valence-corrected chi connectivity index (χ4v) is 3.23. The van der Waals surface area contributed by atoms with Crippen LogP contribution in [-0.2, 0) is 0 Å². The molecular weight excluding hydrogens is 253 g/mol. The van der Waals surface area contributed by atoms with Gasteiger partial charge >= 0.3 is 6.18 Å². The fraction of sp³-hybridized carbons (Fsp3) is 1.00. The molecule has 0 spiro atoms. The molecule has 1 rings (SSSR count). The Morgan fingerprint density at radius 3 is 2.11 bits per heavy atom. The smallest absolute Gasteiger partial charge is 0.329 e. The van der Waals surface area contributed by atoms with Gasteiger partial charge in [-0.2, -0.15) is 13.2 Å². The topological polar surface area (TPSA) is 29.3 Å². The number of hydrogen-bond acceptors (Lipinski definition) is 2. The Kier molecular flexibility index (Phi) is 5.68. The minimum absolute atomic E-state index is 0.218. The van der Waals surface area contributed by atoms with Crippen molar-refractivity contribution in [3.05, 3.63) is 0 Å². The summed E-state index contributed by atoms with van der Waals surface area (Å²) in [4.78, 5) is 2.30. The average molecular weight is 280 g/mol. The van der Waals surface area contributed by atoms with Gasteiger partial charge in [-0.25, -0.2) is 0 Å². The van der Waals surface area contributed by atoms with Crippen LogP contribution in [0, 0.1) is 11.8 Å². The van der Waals surface area contributed by atoms with Crippen LogP contribution in [0.4, 0.5) is 13.2 Å². The monoisotopic (exact) mass is 280 g/mol. The third kappa shape index (κ3) is 4.09. The minimum Gasteiger partial charge on any atom is -0.329 e. The first kappa shape index (κ1) is 16.8. The summed E-state index contributed by atoms with van der Waals surface area (Å²) in [5.41, 5.74) is 5.70. The lowest BCUT2D eigenvalue weighted by Gasteiger charge is -2.48. The summed E-state index contributed by atoms with van der Waals surface area (Å²) in [5.74, 6) is -0.631. The number of hydrogen-bond donors (Lipinski definition) is 1. The van der Waals surface area contributed by atoms with Gasteiger partial charge in [-0.3, -0.25) is 4.90 Å². The second kappa shape index (κ2) is 6.44. The van der Waals surface area contributed by atoms with E-state index in [0.29, 0.717) is 25.3 Å². The van der Waals surface area contributed by atoms with Gasteiger partial charge in [0.2, 0.25) is 0 Å². The van der Waals surface area contributed by atoms with Crippen LogP contribution in [0.25, 0.3) is 0 Å². The predicted octanol–water partition coefficient (Wildman–Crippen LogP) is 3.41. The summed E-state index contributed by atoms with van der Waals surface area (Å²) < 4.78 is 38.2. The molecule has 2 N–H and O–H groups in total. The van der Waals surface area contributed by atoms with E-state index < -0.39 is 12.1 Å². The van der Waals surface area contributed by atoms with Crippen molar-refractivity contribution in [2.24, 2.45) is 17.6 Å². The fourth-order valence-electron chi connectivity index (χ4n) is 3.23. The molecule has 0 heterocycles. The van der Waals surface area contributed by atoms with E-state index in [1.54, 1.807) is 0 Å². The Hall–Kier alpha value is -0.290. The molecule has 0 aromatic rings. The first-order valence-corrected chi connectivity index (χ1v) is 7.27. The number of rotatable bonds is 5. The van der Waals surface area contributed by atoms with E-state index in [0.717, 1.165) is 13.1 Å². The molecule has 1 fully saturated rings. The van der Waals surface area contributed by atoms with E-state index >= 15 is 0 Å². The van der Waals surface area contributed by atoms with Crippen LogP contribution < -0.4 is 5.73 Å². The first-order chi connectivity index (χ1) is 8.75. The zero-order valence-corrected chi connectivity index (χ0v) is 12.3. The van der Waals surface area contributed by atoms with Crippen LogP contribution in [-0.4, -0.2) is 36.2 Å². The Labute approximate surface area is 114 Å². The van der Waals surface area contributed by atoms with Crippen LogP contribution in [0.2, 0.25) is 0 Å². The van der Waals surface area contributed by atoms with Crippen LogP contribution >= 0.6 is 0 Å². The van der Waals surface area contributed by atoms with Gasteiger partial charge < -0.3 is 5.73 Å². The van der Waals surface area contributed by atoms with Gasteiger partial charge in [-0.15, -0.1) is 0 Å². The molecule has 0 aliphatic heterocycles. The van der Waals surface area contributed by atoms with E-state index in [-0.39, 0.29) is 18.4 Å². The quantitative estimate of drug-likeness (QED) is 0.836. The highest BCUT2D eigenvalue weighted by Crippen LogP contribution is 2.43. The van der Waals surface area contributed by atoms with Crippen molar-refractivity contribution in [2.75, 3.05) is 19.6 Å². The van der Waals surface area contributed by atoms with E-state index in [1.165, 1.54) is 0 Å². The van der Waals surface area contributed by atoms with Crippen LogP contribution in [0.15, 0.2) is 0 Å². The molecule has 0 aromatic heterocycles. The van der Waals surface area contributed by atoms with Gasteiger partial charge in [-0.1, -0.05) is 20.8 Å². The Morgan fingerprint density at radius 1 is 1.26 bits per heavy atom. The molecule has 0 saturated heterocycles. The molecule has 0 aromatic carbocycles.